The quantitative estimate of drug-likeness (QED) is 0.432. The zero-order valence-electron chi connectivity index (χ0n) is 8.38. The number of benzene rings is 2. The Morgan fingerprint density at radius 2 is 1.88 bits per heavy atom. The van der Waals surface area contributed by atoms with Crippen molar-refractivity contribution < 1.29 is 10.2 Å². The molecule has 2 N–H and O–H groups in total. The molecule has 0 aromatic heterocycles. The molecule has 3 nitrogen and oxygen atoms in total. The summed E-state index contributed by atoms with van der Waals surface area (Å²) in [6, 6.07) is 8.37. The molecule has 0 saturated heterocycles. The van der Waals surface area contributed by atoms with Crippen molar-refractivity contribution in [2.24, 2.45) is 4.99 Å². The van der Waals surface area contributed by atoms with Crippen molar-refractivity contribution in [2.45, 2.75) is 0 Å². The average molecular weight is 211 g/mol. The predicted molar refractivity (Wildman–Crippen MR) is 64.3 cm³/mol. The fourth-order valence-electron chi connectivity index (χ4n) is 1.53. The van der Waals surface area contributed by atoms with Gasteiger partial charge in [-0.25, -0.2) is 4.99 Å². The molecule has 3 heteroatoms. The van der Waals surface area contributed by atoms with Crippen molar-refractivity contribution >= 4 is 22.7 Å². The number of terminal acetylenes is 1. The molecule has 0 unspecified atom stereocenters. The van der Waals surface area contributed by atoms with Crippen LogP contribution in [-0.2, 0) is 0 Å². The molecule has 0 heterocycles. The Hall–Kier alpha value is -2.47. The summed E-state index contributed by atoms with van der Waals surface area (Å²) < 4.78 is 0. The van der Waals surface area contributed by atoms with Gasteiger partial charge in [0.05, 0.1) is 6.21 Å². The van der Waals surface area contributed by atoms with Crippen LogP contribution in [0.25, 0.3) is 10.8 Å². The maximum Gasteiger partial charge on any atom is 0.149 e. The van der Waals surface area contributed by atoms with Crippen molar-refractivity contribution in [1.82, 2.24) is 0 Å². The molecular weight excluding hydrogens is 202 g/mol. The summed E-state index contributed by atoms with van der Waals surface area (Å²) in [5.74, 6) is 2.31. The normalized spacial score (nSPS) is 10.7. The smallest absolute Gasteiger partial charge is 0.149 e. The standard InChI is InChI=1S/C13H9NO2/c1-2-7-14-11-8-12(15)9-5-3-4-6-10(9)13(11)16/h1,3-8,15-16H. The summed E-state index contributed by atoms with van der Waals surface area (Å²) in [6.07, 6.45) is 6.26. The second kappa shape index (κ2) is 3.95. The molecule has 2 aromatic carbocycles. The molecule has 0 aliphatic heterocycles. The topological polar surface area (TPSA) is 52.8 Å². The minimum atomic E-state index is 0.0138. The minimum Gasteiger partial charge on any atom is -0.507 e. The Balaban J connectivity index is 2.76. The second-order valence-corrected chi connectivity index (χ2v) is 3.23. The molecule has 0 aliphatic carbocycles. The lowest BCUT2D eigenvalue weighted by Gasteiger charge is -2.05. The summed E-state index contributed by atoms with van der Waals surface area (Å²) >= 11 is 0. The van der Waals surface area contributed by atoms with E-state index in [1.807, 2.05) is 0 Å². The first-order chi connectivity index (χ1) is 7.74. The number of phenolic OH excluding ortho intramolecular Hbond substituents is 2. The van der Waals surface area contributed by atoms with Gasteiger partial charge in [-0.3, -0.25) is 0 Å². The second-order valence-electron chi connectivity index (χ2n) is 3.23. The van der Waals surface area contributed by atoms with Gasteiger partial charge in [0.2, 0.25) is 0 Å². The molecule has 0 spiro atoms. The van der Waals surface area contributed by atoms with E-state index >= 15 is 0 Å². The van der Waals surface area contributed by atoms with Gasteiger partial charge < -0.3 is 10.2 Å². The number of hydrogen-bond donors (Lipinski definition) is 2. The predicted octanol–water partition coefficient (Wildman–Crippen LogP) is 2.59. The maximum atomic E-state index is 9.91. The Labute approximate surface area is 92.7 Å². The minimum absolute atomic E-state index is 0.0138. The molecule has 0 radical (unpaired) electrons. The third-order valence-corrected chi connectivity index (χ3v) is 2.25. The molecule has 0 saturated carbocycles. The van der Waals surface area contributed by atoms with Crippen LogP contribution < -0.4 is 0 Å². The number of aromatic hydroxyl groups is 2. The van der Waals surface area contributed by atoms with E-state index in [1.54, 1.807) is 24.3 Å². The van der Waals surface area contributed by atoms with Gasteiger partial charge in [0.1, 0.15) is 17.2 Å². The van der Waals surface area contributed by atoms with E-state index < -0.39 is 0 Å². The van der Waals surface area contributed by atoms with Crippen molar-refractivity contribution in [2.75, 3.05) is 0 Å². The van der Waals surface area contributed by atoms with Crippen LogP contribution in [0.3, 0.4) is 0 Å². The SMILES string of the molecule is C#CC=Nc1cc(O)c2ccccc2c1O. The first kappa shape index (κ1) is 10.1. The highest BCUT2D eigenvalue weighted by Gasteiger charge is 2.08. The zero-order valence-corrected chi connectivity index (χ0v) is 8.38. The van der Waals surface area contributed by atoms with Crippen LogP contribution in [0.4, 0.5) is 5.69 Å². The Bertz CT molecular complexity index is 609. The monoisotopic (exact) mass is 211 g/mol. The molecule has 0 bridgehead atoms. The van der Waals surface area contributed by atoms with Crippen LogP contribution >= 0.6 is 0 Å². The van der Waals surface area contributed by atoms with Gasteiger partial charge in [0, 0.05) is 16.8 Å². The lowest BCUT2D eigenvalue weighted by molar-refractivity contribution is 0.471. The zero-order chi connectivity index (χ0) is 11.5. The summed E-state index contributed by atoms with van der Waals surface area (Å²) in [4.78, 5) is 3.86. The number of fused-ring (bicyclic) bond motifs is 1. The van der Waals surface area contributed by atoms with Crippen LogP contribution in [0.5, 0.6) is 11.5 Å². The van der Waals surface area contributed by atoms with E-state index in [1.165, 1.54) is 12.3 Å². The highest BCUT2D eigenvalue weighted by molar-refractivity contribution is 5.97. The Morgan fingerprint density at radius 3 is 2.56 bits per heavy atom. The van der Waals surface area contributed by atoms with Gasteiger partial charge in [-0.15, -0.1) is 6.42 Å². The van der Waals surface area contributed by atoms with Gasteiger partial charge in [-0.1, -0.05) is 30.2 Å². The van der Waals surface area contributed by atoms with Gasteiger partial charge in [-0.2, -0.15) is 0 Å². The summed E-state index contributed by atoms with van der Waals surface area (Å²) in [7, 11) is 0. The molecule has 0 aliphatic rings. The van der Waals surface area contributed by atoms with Crippen molar-refractivity contribution in [1.29, 1.82) is 0 Å². The highest BCUT2D eigenvalue weighted by atomic mass is 16.3. The number of nitrogens with zero attached hydrogens (tertiary/aromatic N) is 1. The molecule has 2 aromatic rings. The molecule has 16 heavy (non-hydrogen) atoms. The van der Waals surface area contributed by atoms with E-state index in [0.29, 0.717) is 10.8 Å². The van der Waals surface area contributed by atoms with Gasteiger partial charge >= 0.3 is 0 Å². The van der Waals surface area contributed by atoms with E-state index in [9.17, 15) is 10.2 Å². The van der Waals surface area contributed by atoms with E-state index in [4.69, 9.17) is 6.42 Å². The van der Waals surface area contributed by atoms with Crippen molar-refractivity contribution in [3.8, 4) is 23.8 Å². The van der Waals surface area contributed by atoms with Crippen molar-refractivity contribution in [3.63, 3.8) is 0 Å². The van der Waals surface area contributed by atoms with Crippen molar-refractivity contribution in [3.05, 3.63) is 30.3 Å². The lowest BCUT2D eigenvalue weighted by Crippen LogP contribution is -1.77. The third-order valence-electron chi connectivity index (χ3n) is 2.25. The fourth-order valence-corrected chi connectivity index (χ4v) is 1.53. The van der Waals surface area contributed by atoms with E-state index in [0.717, 1.165) is 0 Å². The van der Waals surface area contributed by atoms with E-state index in [2.05, 4.69) is 10.9 Å². The molecule has 78 valence electrons. The summed E-state index contributed by atoms with van der Waals surface area (Å²) in [6.45, 7) is 0. The average Bonchev–Trinajstić information content (AvgIpc) is 2.32. The molecule has 0 amide bonds. The van der Waals surface area contributed by atoms with Gasteiger partial charge in [0.15, 0.2) is 0 Å². The molecule has 2 rings (SSSR count). The van der Waals surface area contributed by atoms with Crippen LogP contribution in [0.1, 0.15) is 0 Å². The molecule has 0 atom stereocenters. The number of rotatable bonds is 1. The van der Waals surface area contributed by atoms with Crippen LogP contribution in [0, 0.1) is 12.3 Å². The maximum absolute atomic E-state index is 9.91. The number of hydrogen-bond acceptors (Lipinski definition) is 3. The number of aliphatic imine (C=N–C) groups is 1. The lowest BCUT2D eigenvalue weighted by atomic mass is 10.1. The van der Waals surface area contributed by atoms with E-state index in [-0.39, 0.29) is 17.2 Å². The van der Waals surface area contributed by atoms with Gasteiger partial charge in [0.25, 0.3) is 0 Å². The Morgan fingerprint density at radius 1 is 1.19 bits per heavy atom. The third kappa shape index (κ3) is 1.57. The fraction of sp³-hybridized carbons (Fsp3) is 0. The first-order valence-electron chi connectivity index (χ1n) is 4.66. The van der Waals surface area contributed by atoms with Crippen LogP contribution in [0.2, 0.25) is 0 Å². The summed E-state index contributed by atoms with van der Waals surface area (Å²) in [5, 5.41) is 20.8. The Kier molecular flexibility index (Phi) is 2.49. The molecule has 0 fully saturated rings. The van der Waals surface area contributed by atoms with Crippen LogP contribution in [-0.4, -0.2) is 16.4 Å². The first-order valence-corrected chi connectivity index (χ1v) is 4.66. The summed E-state index contributed by atoms with van der Waals surface area (Å²) in [5.41, 5.74) is 0.258. The number of phenols is 2. The molecular formula is C13H9NO2. The largest absolute Gasteiger partial charge is 0.507 e. The highest BCUT2D eigenvalue weighted by Crippen LogP contribution is 2.39. The van der Waals surface area contributed by atoms with Crippen LogP contribution in [0.15, 0.2) is 35.3 Å². The van der Waals surface area contributed by atoms with Gasteiger partial charge in [-0.05, 0) is 0 Å².